The van der Waals surface area contributed by atoms with Crippen LogP contribution in [-0.4, -0.2) is 19.2 Å². The average Bonchev–Trinajstić information content (AvgIpc) is 2.10. The number of nitrogens with one attached hydrogen (secondary N) is 1. The second kappa shape index (κ2) is 8.24. The monoisotopic (exact) mass is 170 g/mol. The molecule has 0 bridgehead atoms. The topological polar surface area (TPSA) is 46.2 Å². The normalized spacial score (nSPS) is 9.42. The fourth-order valence-corrected chi connectivity index (χ4v) is 0.961. The summed E-state index contributed by atoms with van der Waals surface area (Å²) in [5, 5.41) is 2.57. The van der Waals surface area contributed by atoms with Gasteiger partial charge in [0, 0.05) is 19.9 Å². The Balaban J connectivity index is 3.00. The molecule has 0 rings (SSSR count). The van der Waals surface area contributed by atoms with Gasteiger partial charge in [0.25, 0.3) is 0 Å². The van der Waals surface area contributed by atoms with E-state index in [-0.39, 0.29) is 5.91 Å². The minimum absolute atomic E-state index is 0.0944. The smallest absolute Gasteiger partial charge is 0.219 e. The summed E-state index contributed by atoms with van der Waals surface area (Å²) in [6.07, 6.45) is 6.83. The highest BCUT2D eigenvalue weighted by Gasteiger charge is 1.96. The Labute approximate surface area is 73.5 Å². The molecule has 0 atom stereocenters. The summed E-state index contributed by atoms with van der Waals surface area (Å²) < 4.78 is 0. The Bertz CT molecular complexity index is 134. The molecule has 0 unspecified atom stereocenters. The molecule has 0 aromatic rings. The molecule has 3 heteroatoms. The lowest BCUT2D eigenvalue weighted by Crippen LogP contribution is -2.16. The van der Waals surface area contributed by atoms with Gasteiger partial charge in [-0.15, -0.1) is 0 Å². The van der Waals surface area contributed by atoms with Crippen LogP contribution < -0.4 is 5.32 Å². The first-order valence-corrected chi connectivity index (χ1v) is 4.37. The Morgan fingerprint density at radius 2 is 1.92 bits per heavy atom. The van der Waals surface area contributed by atoms with Gasteiger partial charge >= 0.3 is 0 Å². The third-order valence-electron chi connectivity index (χ3n) is 1.71. The van der Waals surface area contributed by atoms with E-state index in [9.17, 15) is 9.59 Å². The zero-order valence-corrected chi connectivity index (χ0v) is 7.56. The number of amides is 1. The van der Waals surface area contributed by atoms with Gasteiger partial charge in [-0.05, 0) is 12.8 Å². The van der Waals surface area contributed by atoms with E-state index in [1.807, 2.05) is 6.29 Å². The lowest BCUT2D eigenvalue weighted by atomic mass is 10.1. The van der Waals surface area contributed by atoms with E-state index in [0.717, 1.165) is 25.7 Å². The van der Waals surface area contributed by atoms with Gasteiger partial charge in [0.1, 0.15) is 0 Å². The van der Waals surface area contributed by atoms with Crippen LogP contribution in [0.15, 0.2) is 0 Å². The standard InChI is InChI=1S/C9H16NO2/c1-10-9(12)7-5-3-2-4-6-8-11/h2-7H2,1H3,(H,10,12). The van der Waals surface area contributed by atoms with Crippen molar-refractivity contribution in [2.45, 2.75) is 38.5 Å². The first kappa shape index (κ1) is 11.1. The van der Waals surface area contributed by atoms with Crippen molar-refractivity contribution in [1.82, 2.24) is 5.32 Å². The van der Waals surface area contributed by atoms with Gasteiger partial charge in [0.15, 0.2) is 6.29 Å². The number of rotatable bonds is 7. The predicted molar refractivity (Wildman–Crippen MR) is 47.5 cm³/mol. The van der Waals surface area contributed by atoms with Crippen LogP contribution in [0.3, 0.4) is 0 Å². The summed E-state index contributed by atoms with van der Waals surface area (Å²) in [6.45, 7) is 0. The van der Waals surface area contributed by atoms with Gasteiger partial charge in [-0.1, -0.05) is 12.8 Å². The molecular formula is C9H16NO2. The Morgan fingerprint density at radius 3 is 2.50 bits per heavy atom. The van der Waals surface area contributed by atoms with Gasteiger partial charge in [-0.3, -0.25) is 9.59 Å². The van der Waals surface area contributed by atoms with Gasteiger partial charge in [0.2, 0.25) is 5.91 Å². The predicted octanol–water partition coefficient (Wildman–Crippen LogP) is 1.18. The van der Waals surface area contributed by atoms with E-state index in [1.54, 1.807) is 7.05 Å². The summed E-state index contributed by atoms with van der Waals surface area (Å²) in [6, 6.07) is 0. The molecule has 69 valence electrons. The van der Waals surface area contributed by atoms with E-state index in [0.29, 0.717) is 12.8 Å². The van der Waals surface area contributed by atoms with Gasteiger partial charge in [-0.2, -0.15) is 0 Å². The molecule has 0 saturated carbocycles. The van der Waals surface area contributed by atoms with E-state index >= 15 is 0 Å². The largest absolute Gasteiger partial charge is 0.359 e. The zero-order valence-electron chi connectivity index (χ0n) is 7.56. The Kier molecular flexibility index (Phi) is 7.65. The van der Waals surface area contributed by atoms with Crippen LogP contribution in [0.4, 0.5) is 0 Å². The van der Waals surface area contributed by atoms with E-state index in [4.69, 9.17) is 0 Å². The van der Waals surface area contributed by atoms with Crippen molar-refractivity contribution in [3.8, 4) is 0 Å². The molecule has 1 amide bonds. The molecule has 3 nitrogen and oxygen atoms in total. The lowest BCUT2D eigenvalue weighted by Gasteiger charge is -1.98. The minimum atomic E-state index is 0.0944. The summed E-state index contributed by atoms with van der Waals surface area (Å²) in [7, 11) is 1.64. The fourth-order valence-electron chi connectivity index (χ4n) is 0.961. The van der Waals surface area contributed by atoms with E-state index in [1.165, 1.54) is 0 Å². The fraction of sp³-hybridized carbons (Fsp3) is 0.778. The van der Waals surface area contributed by atoms with Crippen molar-refractivity contribution >= 4 is 12.2 Å². The lowest BCUT2D eigenvalue weighted by molar-refractivity contribution is -0.120. The molecule has 1 radical (unpaired) electrons. The molecule has 0 saturated heterocycles. The molecule has 0 spiro atoms. The SMILES string of the molecule is CNC(=O)CCCCCC[C]=O. The molecule has 0 heterocycles. The Morgan fingerprint density at radius 1 is 1.25 bits per heavy atom. The first-order valence-electron chi connectivity index (χ1n) is 4.37. The maximum atomic E-state index is 10.7. The number of carbonyl (C=O) groups excluding carboxylic acids is 2. The van der Waals surface area contributed by atoms with Crippen molar-refractivity contribution in [3.05, 3.63) is 0 Å². The second-order valence-electron chi connectivity index (χ2n) is 2.73. The second-order valence-corrected chi connectivity index (χ2v) is 2.73. The highest BCUT2D eigenvalue weighted by atomic mass is 16.1. The average molecular weight is 170 g/mol. The van der Waals surface area contributed by atoms with E-state index < -0.39 is 0 Å². The van der Waals surface area contributed by atoms with Crippen molar-refractivity contribution in [2.75, 3.05) is 7.05 Å². The number of carbonyl (C=O) groups is 1. The molecule has 1 N–H and O–H groups in total. The van der Waals surface area contributed by atoms with Gasteiger partial charge < -0.3 is 5.32 Å². The molecule has 0 aliphatic carbocycles. The highest BCUT2D eigenvalue weighted by molar-refractivity contribution is 5.75. The number of hydrogen-bond acceptors (Lipinski definition) is 2. The van der Waals surface area contributed by atoms with Crippen LogP contribution >= 0.6 is 0 Å². The summed E-state index contributed by atoms with van der Waals surface area (Å²) in [4.78, 5) is 20.5. The van der Waals surface area contributed by atoms with E-state index in [2.05, 4.69) is 5.32 Å². The van der Waals surface area contributed by atoms with Crippen LogP contribution in [0.1, 0.15) is 38.5 Å². The summed E-state index contributed by atoms with van der Waals surface area (Å²) >= 11 is 0. The number of hydrogen-bond donors (Lipinski definition) is 1. The highest BCUT2D eigenvalue weighted by Crippen LogP contribution is 2.03. The van der Waals surface area contributed by atoms with Gasteiger partial charge in [0.05, 0.1) is 0 Å². The van der Waals surface area contributed by atoms with Gasteiger partial charge in [-0.25, -0.2) is 0 Å². The van der Waals surface area contributed by atoms with Crippen molar-refractivity contribution in [2.24, 2.45) is 0 Å². The molecular weight excluding hydrogens is 154 g/mol. The molecule has 0 aliphatic rings. The third kappa shape index (κ3) is 7.25. The summed E-state index contributed by atoms with van der Waals surface area (Å²) in [5.41, 5.74) is 0. The van der Waals surface area contributed by atoms with Crippen molar-refractivity contribution < 1.29 is 9.59 Å². The molecule has 12 heavy (non-hydrogen) atoms. The van der Waals surface area contributed by atoms with Crippen LogP contribution in [-0.2, 0) is 9.59 Å². The number of unbranched alkanes of at least 4 members (excludes halogenated alkanes) is 4. The van der Waals surface area contributed by atoms with Crippen LogP contribution in [0.25, 0.3) is 0 Å². The Hall–Kier alpha value is -0.860. The minimum Gasteiger partial charge on any atom is -0.359 e. The van der Waals surface area contributed by atoms with Crippen LogP contribution in [0, 0.1) is 0 Å². The molecule has 0 fully saturated rings. The maximum absolute atomic E-state index is 10.7. The first-order chi connectivity index (χ1) is 5.81. The zero-order chi connectivity index (χ0) is 9.23. The quantitative estimate of drug-likeness (QED) is 0.583. The molecule has 0 aromatic carbocycles. The molecule has 0 aliphatic heterocycles. The van der Waals surface area contributed by atoms with Crippen molar-refractivity contribution in [1.29, 1.82) is 0 Å². The van der Waals surface area contributed by atoms with Crippen LogP contribution in [0.2, 0.25) is 0 Å². The van der Waals surface area contributed by atoms with Crippen molar-refractivity contribution in [3.63, 3.8) is 0 Å². The third-order valence-corrected chi connectivity index (χ3v) is 1.71. The maximum Gasteiger partial charge on any atom is 0.219 e. The molecule has 0 aromatic heterocycles. The van der Waals surface area contributed by atoms with Crippen LogP contribution in [0.5, 0.6) is 0 Å². The summed E-state index contributed by atoms with van der Waals surface area (Å²) in [5.74, 6) is 0.0944.